The summed E-state index contributed by atoms with van der Waals surface area (Å²) in [4.78, 5) is 25.0. The molecule has 1 heterocycles. The van der Waals surface area contributed by atoms with Crippen LogP contribution < -0.4 is 11.2 Å². The molecule has 0 atom stereocenters. The normalized spacial score (nSPS) is 10.8. The van der Waals surface area contributed by atoms with E-state index in [0.29, 0.717) is 5.56 Å². The largest absolute Gasteiger partial charge is 0.357 e. The number of aromatic nitrogens is 2. The SMILES string of the molecule is C=Cc1cn(COC(CC)CC)c(=O)[nH]c1=O. The van der Waals surface area contributed by atoms with Crippen LogP contribution in [0.15, 0.2) is 22.4 Å². The summed E-state index contributed by atoms with van der Waals surface area (Å²) < 4.78 is 6.88. The van der Waals surface area contributed by atoms with Gasteiger partial charge in [0.1, 0.15) is 6.73 Å². The van der Waals surface area contributed by atoms with Gasteiger partial charge in [-0.2, -0.15) is 0 Å². The van der Waals surface area contributed by atoms with Crippen LogP contribution in [0.3, 0.4) is 0 Å². The minimum absolute atomic E-state index is 0.126. The molecule has 1 rings (SSSR count). The zero-order valence-electron chi connectivity index (χ0n) is 10.2. The lowest BCUT2D eigenvalue weighted by molar-refractivity contribution is 0.000813. The van der Waals surface area contributed by atoms with Crippen molar-refractivity contribution in [1.29, 1.82) is 0 Å². The molecule has 0 spiro atoms. The van der Waals surface area contributed by atoms with Gasteiger partial charge < -0.3 is 4.74 Å². The Morgan fingerprint density at radius 1 is 1.47 bits per heavy atom. The van der Waals surface area contributed by atoms with E-state index in [2.05, 4.69) is 11.6 Å². The number of nitrogens with zero attached hydrogens (tertiary/aromatic N) is 1. The molecular weight excluding hydrogens is 220 g/mol. The van der Waals surface area contributed by atoms with E-state index in [1.807, 2.05) is 13.8 Å². The summed E-state index contributed by atoms with van der Waals surface area (Å²) in [6.07, 6.45) is 4.77. The van der Waals surface area contributed by atoms with E-state index in [9.17, 15) is 9.59 Å². The molecule has 0 saturated heterocycles. The molecular formula is C12H18N2O3. The number of rotatable bonds is 6. The first kappa shape index (κ1) is 13.4. The summed E-state index contributed by atoms with van der Waals surface area (Å²) in [7, 11) is 0. The summed E-state index contributed by atoms with van der Waals surface area (Å²) >= 11 is 0. The van der Waals surface area contributed by atoms with Gasteiger partial charge in [0.15, 0.2) is 0 Å². The van der Waals surface area contributed by atoms with Gasteiger partial charge in [-0.15, -0.1) is 0 Å². The number of nitrogens with one attached hydrogen (secondary N) is 1. The van der Waals surface area contributed by atoms with Crippen molar-refractivity contribution < 1.29 is 4.74 Å². The minimum atomic E-state index is -0.466. The van der Waals surface area contributed by atoms with E-state index in [1.165, 1.54) is 16.8 Å². The Balaban J connectivity index is 2.88. The molecule has 5 nitrogen and oxygen atoms in total. The molecule has 1 aromatic heterocycles. The van der Waals surface area contributed by atoms with Gasteiger partial charge in [0, 0.05) is 6.20 Å². The summed E-state index contributed by atoms with van der Waals surface area (Å²) in [6.45, 7) is 7.71. The highest BCUT2D eigenvalue weighted by Crippen LogP contribution is 2.03. The highest BCUT2D eigenvalue weighted by Gasteiger charge is 2.06. The van der Waals surface area contributed by atoms with Gasteiger partial charge in [0.05, 0.1) is 11.7 Å². The second-order valence-electron chi connectivity index (χ2n) is 3.75. The smallest absolute Gasteiger partial charge is 0.330 e. The first-order chi connectivity index (χ1) is 8.12. The third kappa shape index (κ3) is 3.42. The third-order valence-corrected chi connectivity index (χ3v) is 2.62. The molecule has 0 amide bonds. The summed E-state index contributed by atoms with van der Waals surface area (Å²) in [5, 5.41) is 0. The maximum absolute atomic E-state index is 11.5. The van der Waals surface area contributed by atoms with Gasteiger partial charge in [0.25, 0.3) is 5.56 Å². The van der Waals surface area contributed by atoms with Gasteiger partial charge >= 0.3 is 5.69 Å². The van der Waals surface area contributed by atoms with Crippen LogP contribution in [0.5, 0.6) is 0 Å². The van der Waals surface area contributed by atoms with Crippen LogP contribution in [0, 0.1) is 0 Å². The molecule has 94 valence electrons. The second kappa shape index (κ2) is 6.20. The molecule has 1 N–H and O–H groups in total. The van der Waals surface area contributed by atoms with E-state index < -0.39 is 11.2 Å². The van der Waals surface area contributed by atoms with Crippen molar-refractivity contribution in [3.05, 3.63) is 39.2 Å². The summed E-state index contributed by atoms with van der Waals surface area (Å²) in [5.74, 6) is 0. The molecule has 0 fully saturated rings. The van der Waals surface area contributed by atoms with Crippen molar-refractivity contribution in [2.24, 2.45) is 0 Å². The number of aromatic amines is 1. The first-order valence-electron chi connectivity index (χ1n) is 5.70. The van der Waals surface area contributed by atoms with Gasteiger partial charge in [-0.1, -0.05) is 26.5 Å². The molecule has 0 aliphatic heterocycles. The zero-order valence-corrected chi connectivity index (χ0v) is 10.2. The minimum Gasteiger partial charge on any atom is -0.357 e. The fourth-order valence-electron chi connectivity index (χ4n) is 1.48. The zero-order chi connectivity index (χ0) is 12.8. The number of hydrogen-bond donors (Lipinski definition) is 1. The van der Waals surface area contributed by atoms with E-state index in [4.69, 9.17) is 4.74 Å². The lowest BCUT2D eigenvalue weighted by Gasteiger charge is -2.14. The molecule has 5 heteroatoms. The van der Waals surface area contributed by atoms with Crippen molar-refractivity contribution in [2.45, 2.75) is 39.5 Å². The number of ether oxygens (including phenoxy) is 1. The van der Waals surface area contributed by atoms with Crippen LogP contribution in [-0.2, 0) is 11.5 Å². The first-order valence-corrected chi connectivity index (χ1v) is 5.70. The molecule has 0 radical (unpaired) electrons. The Labute approximate surface area is 99.7 Å². The van der Waals surface area contributed by atoms with E-state index in [-0.39, 0.29) is 12.8 Å². The summed E-state index contributed by atoms with van der Waals surface area (Å²) in [6, 6.07) is 0. The Kier molecular flexibility index (Phi) is 4.90. The van der Waals surface area contributed by atoms with Gasteiger partial charge in [-0.05, 0) is 12.8 Å². The van der Waals surface area contributed by atoms with Crippen LogP contribution in [0.4, 0.5) is 0 Å². The standard InChI is InChI=1S/C12H18N2O3/c1-4-9-7-14(12(16)13-11(9)15)8-17-10(5-2)6-3/h4,7,10H,1,5-6,8H2,2-3H3,(H,13,15,16). The van der Waals surface area contributed by atoms with Crippen molar-refractivity contribution in [1.82, 2.24) is 9.55 Å². The Morgan fingerprint density at radius 3 is 2.65 bits per heavy atom. The number of H-pyrrole nitrogens is 1. The highest BCUT2D eigenvalue weighted by atomic mass is 16.5. The Bertz CT molecular complexity index is 483. The van der Waals surface area contributed by atoms with Crippen molar-refractivity contribution >= 4 is 6.08 Å². The molecule has 0 aromatic carbocycles. The van der Waals surface area contributed by atoms with E-state index in [1.54, 1.807) is 0 Å². The monoisotopic (exact) mass is 238 g/mol. The van der Waals surface area contributed by atoms with Crippen molar-refractivity contribution in [2.75, 3.05) is 0 Å². The predicted molar refractivity (Wildman–Crippen MR) is 66.9 cm³/mol. The lowest BCUT2D eigenvalue weighted by Crippen LogP contribution is -2.32. The van der Waals surface area contributed by atoms with E-state index >= 15 is 0 Å². The Morgan fingerprint density at radius 2 is 2.12 bits per heavy atom. The topological polar surface area (TPSA) is 64.1 Å². The van der Waals surface area contributed by atoms with Crippen LogP contribution in [0.2, 0.25) is 0 Å². The molecule has 0 bridgehead atoms. The van der Waals surface area contributed by atoms with Crippen LogP contribution >= 0.6 is 0 Å². The highest BCUT2D eigenvalue weighted by molar-refractivity contribution is 5.43. The fraction of sp³-hybridized carbons (Fsp3) is 0.500. The van der Waals surface area contributed by atoms with Crippen LogP contribution in [0.1, 0.15) is 32.3 Å². The van der Waals surface area contributed by atoms with Crippen LogP contribution in [0.25, 0.3) is 6.08 Å². The third-order valence-electron chi connectivity index (χ3n) is 2.62. The molecule has 0 aliphatic carbocycles. The fourth-order valence-corrected chi connectivity index (χ4v) is 1.48. The van der Waals surface area contributed by atoms with E-state index in [0.717, 1.165) is 12.8 Å². The predicted octanol–water partition coefficient (Wildman–Crippen LogP) is 1.34. The molecule has 0 saturated carbocycles. The van der Waals surface area contributed by atoms with Gasteiger partial charge in [0.2, 0.25) is 0 Å². The average molecular weight is 238 g/mol. The Hall–Kier alpha value is -1.62. The molecule has 0 unspecified atom stereocenters. The maximum atomic E-state index is 11.5. The molecule has 1 aromatic rings. The summed E-state index contributed by atoms with van der Waals surface area (Å²) in [5.41, 5.74) is -0.534. The number of hydrogen-bond acceptors (Lipinski definition) is 3. The second-order valence-corrected chi connectivity index (χ2v) is 3.75. The molecule has 0 aliphatic rings. The van der Waals surface area contributed by atoms with Crippen molar-refractivity contribution in [3.8, 4) is 0 Å². The van der Waals surface area contributed by atoms with Crippen LogP contribution in [-0.4, -0.2) is 15.7 Å². The maximum Gasteiger partial charge on any atom is 0.330 e. The lowest BCUT2D eigenvalue weighted by atomic mass is 10.2. The van der Waals surface area contributed by atoms with Gasteiger partial charge in [-0.3, -0.25) is 14.3 Å². The average Bonchev–Trinajstić information content (AvgIpc) is 2.32. The quantitative estimate of drug-likeness (QED) is 0.813. The van der Waals surface area contributed by atoms with Crippen molar-refractivity contribution in [3.63, 3.8) is 0 Å². The van der Waals surface area contributed by atoms with Gasteiger partial charge in [-0.25, -0.2) is 4.79 Å². The molecule has 17 heavy (non-hydrogen) atoms.